The van der Waals surface area contributed by atoms with E-state index in [-0.39, 0.29) is 0 Å². The molecule has 0 amide bonds. The third-order valence-electron chi connectivity index (χ3n) is 2.17. The zero-order chi connectivity index (χ0) is 10.0. The molecule has 3 heteroatoms. The van der Waals surface area contributed by atoms with Gasteiger partial charge in [0.1, 0.15) is 0 Å². The maximum atomic E-state index is 4.48. The lowest BCUT2D eigenvalue weighted by atomic mass is 10.3. The molecule has 1 N–H and O–H groups in total. The monoisotopic (exact) mass is 181 g/mol. The number of aromatic nitrogens is 2. The number of hydrogen-bond donors (Lipinski definition) is 1. The van der Waals surface area contributed by atoms with Crippen molar-refractivity contribution in [3.05, 3.63) is 11.4 Å². The van der Waals surface area contributed by atoms with E-state index in [1.54, 1.807) is 0 Å². The second-order valence-corrected chi connectivity index (χ2v) is 3.61. The minimum atomic E-state index is 0.436. The van der Waals surface area contributed by atoms with Crippen LogP contribution in [0.2, 0.25) is 0 Å². The molecule has 13 heavy (non-hydrogen) atoms. The number of rotatable bonds is 3. The highest BCUT2D eigenvalue weighted by Gasteiger charge is 2.11. The van der Waals surface area contributed by atoms with Crippen LogP contribution in [0, 0.1) is 13.8 Å². The minimum absolute atomic E-state index is 0.436. The smallest absolute Gasteiger partial charge is 0.0828 e. The van der Waals surface area contributed by atoms with Gasteiger partial charge in [-0.2, -0.15) is 5.10 Å². The summed E-state index contributed by atoms with van der Waals surface area (Å²) in [5.41, 5.74) is 3.51. The Labute approximate surface area is 80.1 Å². The fourth-order valence-electron chi connectivity index (χ4n) is 1.60. The van der Waals surface area contributed by atoms with Gasteiger partial charge in [0.15, 0.2) is 0 Å². The molecule has 74 valence electrons. The summed E-state index contributed by atoms with van der Waals surface area (Å²) in [7, 11) is 0. The molecule has 0 unspecified atom stereocenters. The molecule has 0 radical (unpaired) electrons. The molecule has 0 bridgehead atoms. The molecule has 0 aliphatic carbocycles. The molecule has 0 aliphatic rings. The number of hydrogen-bond acceptors (Lipinski definition) is 2. The number of nitrogens with one attached hydrogen (secondary N) is 1. The highest BCUT2D eigenvalue weighted by molar-refractivity contribution is 5.51. The normalized spacial score (nSPS) is 10.9. The van der Waals surface area contributed by atoms with Gasteiger partial charge < -0.3 is 5.32 Å². The van der Waals surface area contributed by atoms with Gasteiger partial charge in [-0.3, -0.25) is 4.68 Å². The molecule has 0 aliphatic heterocycles. The van der Waals surface area contributed by atoms with Crippen LogP contribution >= 0.6 is 0 Å². The van der Waals surface area contributed by atoms with Gasteiger partial charge in [-0.15, -0.1) is 0 Å². The summed E-state index contributed by atoms with van der Waals surface area (Å²) in [4.78, 5) is 0. The zero-order valence-corrected chi connectivity index (χ0v) is 9.18. The van der Waals surface area contributed by atoms with E-state index in [0.29, 0.717) is 6.04 Å². The van der Waals surface area contributed by atoms with E-state index in [0.717, 1.165) is 12.2 Å². The summed E-state index contributed by atoms with van der Waals surface area (Å²) in [6.07, 6.45) is 0. The average Bonchev–Trinajstić information content (AvgIpc) is 2.32. The molecule has 0 atom stereocenters. The second-order valence-electron chi connectivity index (χ2n) is 3.61. The first kappa shape index (κ1) is 10.1. The predicted molar refractivity (Wildman–Crippen MR) is 56.2 cm³/mol. The van der Waals surface area contributed by atoms with Crippen LogP contribution in [-0.4, -0.2) is 16.3 Å². The lowest BCUT2D eigenvalue weighted by molar-refractivity contribution is 0.516. The maximum Gasteiger partial charge on any atom is 0.0828 e. The van der Waals surface area contributed by atoms with Gasteiger partial charge in [0, 0.05) is 12.6 Å². The molecule has 1 aromatic heterocycles. The quantitative estimate of drug-likeness (QED) is 0.776. The highest BCUT2D eigenvalue weighted by atomic mass is 15.3. The van der Waals surface area contributed by atoms with Gasteiger partial charge >= 0.3 is 0 Å². The van der Waals surface area contributed by atoms with Gasteiger partial charge in [0.05, 0.1) is 17.1 Å². The number of aryl methyl sites for hydroxylation is 1. The van der Waals surface area contributed by atoms with Crippen LogP contribution in [0.4, 0.5) is 5.69 Å². The van der Waals surface area contributed by atoms with Crippen molar-refractivity contribution < 1.29 is 0 Å². The molecule has 1 aromatic rings. The van der Waals surface area contributed by atoms with Gasteiger partial charge in [0.2, 0.25) is 0 Å². The first-order chi connectivity index (χ1) is 6.07. The fourth-order valence-corrected chi connectivity index (χ4v) is 1.60. The molecule has 0 saturated heterocycles. The Morgan fingerprint density at radius 3 is 2.38 bits per heavy atom. The Hall–Kier alpha value is -0.990. The molecule has 3 nitrogen and oxygen atoms in total. The first-order valence-electron chi connectivity index (χ1n) is 4.87. The molecule has 1 heterocycles. The molecule has 1 rings (SSSR count). The Morgan fingerprint density at radius 1 is 1.38 bits per heavy atom. The van der Waals surface area contributed by atoms with Crippen LogP contribution in [0.15, 0.2) is 0 Å². The molecular weight excluding hydrogens is 162 g/mol. The molecular formula is C10H19N3. The standard InChI is InChI=1S/C10H19N3/c1-6-11-10-8(4)12-13(7(2)3)9(10)5/h7,11H,6H2,1-5H3. The first-order valence-corrected chi connectivity index (χ1v) is 4.87. The third kappa shape index (κ3) is 1.85. The van der Waals surface area contributed by atoms with Gasteiger partial charge in [-0.25, -0.2) is 0 Å². The predicted octanol–water partition coefficient (Wildman–Crippen LogP) is 2.51. The lowest BCUT2D eigenvalue weighted by Crippen LogP contribution is -2.05. The van der Waals surface area contributed by atoms with Gasteiger partial charge in [0.25, 0.3) is 0 Å². The van der Waals surface area contributed by atoms with Crippen molar-refractivity contribution in [2.75, 3.05) is 11.9 Å². The van der Waals surface area contributed by atoms with E-state index < -0.39 is 0 Å². The lowest BCUT2D eigenvalue weighted by Gasteiger charge is -2.08. The van der Waals surface area contributed by atoms with Crippen molar-refractivity contribution in [2.24, 2.45) is 0 Å². The van der Waals surface area contributed by atoms with E-state index in [4.69, 9.17) is 0 Å². The maximum absolute atomic E-state index is 4.48. The largest absolute Gasteiger partial charge is 0.382 e. The third-order valence-corrected chi connectivity index (χ3v) is 2.17. The van der Waals surface area contributed by atoms with Crippen LogP contribution < -0.4 is 5.32 Å². The second kappa shape index (κ2) is 3.81. The molecule has 0 fully saturated rings. The Kier molecular flexibility index (Phi) is 2.96. The van der Waals surface area contributed by atoms with Crippen molar-refractivity contribution in [3.8, 4) is 0 Å². The molecule has 0 saturated carbocycles. The van der Waals surface area contributed by atoms with Crippen molar-refractivity contribution in [3.63, 3.8) is 0 Å². The Bertz CT molecular complexity index is 287. The highest BCUT2D eigenvalue weighted by Crippen LogP contribution is 2.21. The van der Waals surface area contributed by atoms with Crippen molar-refractivity contribution >= 4 is 5.69 Å². The van der Waals surface area contributed by atoms with Crippen LogP contribution in [-0.2, 0) is 0 Å². The summed E-state index contributed by atoms with van der Waals surface area (Å²) in [6, 6.07) is 0.436. The number of nitrogens with zero attached hydrogens (tertiary/aromatic N) is 2. The van der Waals surface area contributed by atoms with Crippen molar-refractivity contribution in [2.45, 2.75) is 40.7 Å². The van der Waals surface area contributed by atoms with Crippen LogP contribution in [0.5, 0.6) is 0 Å². The van der Waals surface area contributed by atoms with E-state index in [1.165, 1.54) is 11.4 Å². The SMILES string of the molecule is CCNc1c(C)nn(C(C)C)c1C. The Balaban J connectivity index is 3.07. The van der Waals surface area contributed by atoms with Crippen LogP contribution in [0.3, 0.4) is 0 Å². The summed E-state index contributed by atoms with van der Waals surface area (Å²) in [5.74, 6) is 0. The summed E-state index contributed by atoms with van der Waals surface area (Å²) in [6.45, 7) is 11.5. The fraction of sp³-hybridized carbons (Fsp3) is 0.700. The summed E-state index contributed by atoms with van der Waals surface area (Å²) >= 11 is 0. The van der Waals surface area contributed by atoms with Crippen LogP contribution in [0.1, 0.15) is 38.2 Å². The van der Waals surface area contributed by atoms with Crippen LogP contribution in [0.25, 0.3) is 0 Å². The number of anilines is 1. The minimum Gasteiger partial charge on any atom is -0.382 e. The average molecular weight is 181 g/mol. The van der Waals surface area contributed by atoms with Crippen molar-refractivity contribution in [1.82, 2.24) is 9.78 Å². The van der Waals surface area contributed by atoms with E-state index in [9.17, 15) is 0 Å². The van der Waals surface area contributed by atoms with E-state index in [1.807, 2.05) is 6.92 Å². The topological polar surface area (TPSA) is 29.9 Å². The van der Waals surface area contributed by atoms with Gasteiger partial charge in [-0.1, -0.05) is 0 Å². The molecule has 0 aromatic carbocycles. The summed E-state index contributed by atoms with van der Waals surface area (Å²) < 4.78 is 2.06. The summed E-state index contributed by atoms with van der Waals surface area (Å²) in [5, 5.41) is 7.82. The van der Waals surface area contributed by atoms with E-state index >= 15 is 0 Å². The van der Waals surface area contributed by atoms with Gasteiger partial charge in [-0.05, 0) is 34.6 Å². The molecule has 0 spiro atoms. The zero-order valence-electron chi connectivity index (χ0n) is 9.18. The Morgan fingerprint density at radius 2 is 2.00 bits per heavy atom. The van der Waals surface area contributed by atoms with E-state index in [2.05, 4.69) is 42.8 Å². The van der Waals surface area contributed by atoms with Crippen molar-refractivity contribution in [1.29, 1.82) is 0 Å².